The summed E-state index contributed by atoms with van der Waals surface area (Å²) in [6.45, 7) is 4.19. The Morgan fingerprint density at radius 1 is 1.26 bits per heavy atom. The van der Waals surface area contributed by atoms with Gasteiger partial charge in [-0.15, -0.1) is 0 Å². The molecule has 1 aromatic carbocycles. The second-order valence-corrected chi connectivity index (χ2v) is 7.59. The molecule has 1 aliphatic heterocycles. The zero-order chi connectivity index (χ0) is 16.9. The minimum absolute atomic E-state index is 0.0415. The monoisotopic (exact) mass is 339 g/mol. The first kappa shape index (κ1) is 17.9. The van der Waals surface area contributed by atoms with Crippen LogP contribution in [0.25, 0.3) is 0 Å². The topological polar surface area (TPSA) is 78.5 Å². The van der Waals surface area contributed by atoms with Gasteiger partial charge in [0.05, 0.1) is 4.90 Å². The molecule has 1 aliphatic rings. The van der Waals surface area contributed by atoms with E-state index in [0.717, 1.165) is 32.4 Å². The largest absolute Gasteiger partial charge is 0.355 e. The number of nitrogens with one attached hydrogen (secondary N) is 2. The Morgan fingerprint density at radius 2 is 1.87 bits per heavy atom. The SMILES string of the molecule is CCCN(C1CCNCC1)S(=O)(=O)c1ccc(C(=O)NC)cc1. The highest BCUT2D eigenvalue weighted by Gasteiger charge is 2.31. The quantitative estimate of drug-likeness (QED) is 0.816. The molecule has 1 fully saturated rings. The van der Waals surface area contributed by atoms with Gasteiger partial charge in [0, 0.05) is 25.2 Å². The molecule has 7 heteroatoms. The van der Waals surface area contributed by atoms with Gasteiger partial charge in [0.15, 0.2) is 0 Å². The average molecular weight is 339 g/mol. The summed E-state index contributed by atoms with van der Waals surface area (Å²) in [5, 5.41) is 5.79. The summed E-state index contributed by atoms with van der Waals surface area (Å²) < 4.78 is 27.6. The molecule has 0 saturated carbocycles. The maximum atomic E-state index is 13.0. The van der Waals surface area contributed by atoms with Gasteiger partial charge in [-0.3, -0.25) is 4.79 Å². The van der Waals surface area contributed by atoms with Crippen LogP contribution in [0.5, 0.6) is 0 Å². The summed E-state index contributed by atoms with van der Waals surface area (Å²) in [6.07, 6.45) is 2.44. The zero-order valence-electron chi connectivity index (χ0n) is 13.7. The lowest BCUT2D eigenvalue weighted by Crippen LogP contribution is -2.46. The maximum absolute atomic E-state index is 13.0. The van der Waals surface area contributed by atoms with Crippen molar-refractivity contribution in [3.63, 3.8) is 0 Å². The Balaban J connectivity index is 2.27. The first-order valence-corrected chi connectivity index (χ1v) is 9.49. The smallest absolute Gasteiger partial charge is 0.251 e. The van der Waals surface area contributed by atoms with Crippen molar-refractivity contribution in [2.75, 3.05) is 26.7 Å². The van der Waals surface area contributed by atoms with Crippen LogP contribution in [0.3, 0.4) is 0 Å². The van der Waals surface area contributed by atoms with E-state index in [4.69, 9.17) is 0 Å². The van der Waals surface area contributed by atoms with Crippen LogP contribution in [0.4, 0.5) is 0 Å². The summed E-state index contributed by atoms with van der Waals surface area (Å²) in [5.41, 5.74) is 0.454. The molecular weight excluding hydrogens is 314 g/mol. The molecule has 1 saturated heterocycles. The van der Waals surface area contributed by atoms with Crippen LogP contribution in [0.2, 0.25) is 0 Å². The summed E-state index contributed by atoms with van der Waals surface area (Å²) >= 11 is 0. The number of amides is 1. The van der Waals surface area contributed by atoms with E-state index in [-0.39, 0.29) is 16.8 Å². The normalized spacial score (nSPS) is 16.5. The Hall–Kier alpha value is -1.44. The highest BCUT2D eigenvalue weighted by atomic mass is 32.2. The van der Waals surface area contributed by atoms with Crippen LogP contribution in [-0.2, 0) is 10.0 Å². The van der Waals surface area contributed by atoms with Gasteiger partial charge < -0.3 is 10.6 Å². The molecule has 0 bridgehead atoms. The Labute approximate surface area is 138 Å². The number of carbonyl (C=O) groups excluding carboxylic acids is 1. The fourth-order valence-corrected chi connectivity index (χ4v) is 4.65. The van der Waals surface area contributed by atoms with Crippen LogP contribution in [0, 0.1) is 0 Å². The predicted octanol–water partition coefficient (Wildman–Crippen LogP) is 1.20. The van der Waals surface area contributed by atoms with Crippen LogP contribution >= 0.6 is 0 Å². The van der Waals surface area contributed by atoms with Crippen LogP contribution < -0.4 is 10.6 Å². The molecule has 6 nitrogen and oxygen atoms in total. The van der Waals surface area contributed by atoms with Crippen molar-refractivity contribution < 1.29 is 13.2 Å². The Kier molecular flexibility index (Phi) is 6.15. The van der Waals surface area contributed by atoms with Gasteiger partial charge in [0.2, 0.25) is 10.0 Å². The molecule has 23 heavy (non-hydrogen) atoms. The van der Waals surface area contributed by atoms with Crippen molar-refractivity contribution in [1.82, 2.24) is 14.9 Å². The number of benzene rings is 1. The molecule has 1 aromatic rings. The van der Waals surface area contributed by atoms with E-state index in [0.29, 0.717) is 12.1 Å². The number of hydrogen-bond donors (Lipinski definition) is 2. The fourth-order valence-electron chi connectivity index (χ4n) is 2.87. The highest BCUT2D eigenvalue weighted by Crippen LogP contribution is 2.23. The first-order valence-electron chi connectivity index (χ1n) is 8.05. The van der Waals surface area contributed by atoms with E-state index >= 15 is 0 Å². The molecule has 0 atom stereocenters. The first-order chi connectivity index (χ1) is 11.0. The number of hydrogen-bond acceptors (Lipinski definition) is 4. The summed E-state index contributed by atoms with van der Waals surface area (Å²) in [4.78, 5) is 11.8. The molecule has 0 aromatic heterocycles. The summed E-state index contributed by atoms with van der Waals surface area (Å²) in [5.74, 6) is -0.224. The van der Waals surface area contributed by atoms with Gasteiger partial charge in [-0.1, -0.05) is 6.92 Å². The van der Waals surface area contributed by atoms with Crippen molar-refractivity contribution in [2.24, 2.45) is 0 Å². The molecular formula is C16H25N3O3S. The summed E-state index contributed by atoms with van der Waals surface area (Å²) in [7, 11) is -1.99. The number of carbonyl (C=O) groups is 1. The van der Waals surface area contributed by atoms with Crippen molar-refractivity contribution in [1.29, 1.82) is 0 Å². The van der Waals surface area contributed by atoms with E-state index in [2.05, 4.69) is 10.6 Å². The molecule has 0 spiro atoms. The van der Waals surface area contributed by atoms with Gasteiger partial charge in [-0.25, -0.2) is 8.42 Å². The lowest BCUT2D eigenvalue weighted by Gasteiger charge is -2.33. The van der Waals surface area contributed by atoms with Gasteiger partial charge in [0.1, 0.15) is 0 Å². The minimum Gasteiger partial charge on any atom is -0.355 e. The number of piperidine rings is 1. The number of rotatable bonds is 6. The van der Waals surface area contributed by atoms with Crippen LogP contribution in [0.15, 0.2) is 29.2 Å². The van der Waals surface area contributed by atoms with E-state index in [1.165, 1.54) is 12.1 Å². The molecule has 0 radical (unpaired) electrons. The average Bonchev–Trinajstić information content (AvgIpc) is 2.59. The number of sulfonamides is 1. The van der Waals surface area contributed by atoms with Gasteiger partial charge in [0.25, 0.3) is 5.91 Å². The van der Waals surface area contributed by atoms with Crippen molar-refractivity contribution in [3.05, 3.63) is 29.8 Å². The molecule has 2 N–H and O–H groups in total. The van der Waals surface area contributed by atoms with Gasteiger partial charge >= 0.3 is 0 Å². The summed E-state index contributed by atoms with van der Waals surface area (Å²) in [6, 6.07) is 6.18. The Bertz CT molecular complexity index is 622. The van der Waals surface area contributed by atoms with E-state index in [1.54, 1.807) is 23.5 Å². The zero-order valence-corrected chi connectivity index (χ0v) is 14.5. The molecule has 0 unspecified atom stereocenters. The van der Waals surface area contributed by atoms with E-state index < -0.39 is 10.0 Å². The fraction of sp³-hybridized carbons (Fsp3) is 0.562. The van der Waals surface area contributed by atoms with Crippen molar-refractivity contribution in [2.45, 2.75) is 37.1 Å². The molecule has 1 heterocycles. The molecule has 128 valence electrons. The van der Waals surface area contributed by atoms with Crippen LogP contribution in [0.1, 0.15) is 36.5 Å². The second-order valence-electron chi connectivity index (χ2n) is 5.70. The predicted molar refractivity (Wildman–Crippen MR) is 89.9 cm³/mol. The lowest BCUT2D eigenvalue weighted by molar-refractivity contribution is 0.0963. The molecule has 2 rings (SSSR count). The second kappa shape index (κ2) is 7.90. The van der Waals surface area contributed by atoms with Gasteiger partial charge in [-0.05, 0) is 56.6 Å². The Morgan fingerprint density at radius 3 is 2.39 bits per heavy atom. The molecule has 0 aliphatic carbocycles. The molecule has 1 amide bonds. The van der Waals surface area contributed by atoms with E-state index in [9.17, 15) is 13.2 Å². The van der Waals surface area contributed by atoms with E-state index in [1.807, 2.05) is 6.92 Å². The van der Waals surface area contributed by atoms with Crippen molar-refractivity contribution >= 4 is 15.9 Å². The van der Waals surface area contributed by atoms with Gasteiger partial charge in [-0.2, -0.15) is 4.31 Å². The third kappa shape index (κ3) is 4.10. The standard InChI is InChI=1S/C16H25N3O3S/c1-3-12-19(14-8-10-18-11-9-14)23(21,22)15-6-4-13(5-7-15)16(20)17-2/h4-7,14,18H,3,8-12H2,1-2H3,(H,17,20). The highest BCUT2D eigenvalue weighted by molar-refractivity contribution is 7.89. The maximum Gasteiger partial charge on any atom is 0.251 e. The number of nitrogens with zero attached hydrogens (tertiary/aromatic N) is 1. The lowest BCUT2D eigenvalue weighted by atomic mass is 10.1. The third-order valence-corrected chi connectivity index (χ3v) is 6.08. The van der Waals surface area contributed by atoms with Crippen molar-refractivity contribution in [3.8, 4) is 0 Å². The van der Waals surface area contributed by atoms with Crippen LogP contribution in [-0.4, -0.2) is 51.4 Å². The minimum atomic E-state index is -3.54. The third-order valence-electron chi connectivity index (χ3n) is 4.11.